The van der Waals surface area contributed by atoms with Gasteiger partial charge in [0.05, 0.1) is 12.5 Å². The Morgan fingerprint density at radius 3 is 1.77 bits per heavy atom. The molecule has 0 saturated heterocycles. The first-order valence-electron chi connectivity index (χ1n) is 8.96. The highest BCUT2D eigenvalue weighted by atomic mass is 32.3. The zero-order chi connectivity index (χ0) is 22.8. The highest BCUT2D eigenvalue weighted by Crippen LogP contribution is 2.60. The molecule has 4 aliphatic rings. The van der Waals surface area contributed by atoms with Gasteiger partial charge in [0, 0.05) is 0 Å². The van der Waals surface area contributed by atoms with Crippen LogP contribution in [0.4, 0.5) is 22.0 Å². The van der Waals surface area contributed by atoms with Gasteiger partial charge in [-0.25, -0.2) is 16.8 Å². The number of hydrogen-bond acceptors (Lipinski definition) is 7. The fourth-order valence-corrected chi connectivity index (χ4v) is 7.31. The molecule has 0 aromatic rings. The van der Waals surface area contributed by atoms with Crippen LogP contribution in [-0.2, 0) is 34.0 Å². The third-order valence-corrected chi connectivity index (χ3v) is 8.88. The van der Waals surface area contributed by atoms with Crippen LogP contribution < -0.4 is 0 Å². The molecule has 1 atom stereocenters. The largest absolute Gasteiger partial charge is 0.444 e. The normalized spacial score (nSPS) is 32.8. The van der Waals surface area contributed by atoms with Crippen LogP contribution in [0.5, 0.6) is 0 Å². The summed E-state index contributed by atoms with van der Waals surface area (Å²) in [6.45, 7) is 0. The van der Waals surface area contributed by atoms with Gasteiger partial charge in [0.2, 0.25) is 10.3 Å². The van der Waals surface area contributed by atoms with Crippen molar-refractivity contribution in [3.8, 4) is 0 Å². The van der Waals surface area contributed by atoms with Crippen molar-refractivity contribution < 1.29 is 52.5 Å². The molecule has 0 aromatic carbocycles. The minimum atomic E-state index is -6.63. The van der Waals surface area contributed by atoms with Crippen LogP contribution in [0.2, 0.25) is 0 Å². The topological polar surface area (TPSA) is 118 Å². The van der Waals surface area contributed by atoms with E-state index >= 15 is 0 Å². The first-order valence-corrected chi connectivity index (χ1v) is 11.8. The van der Waals surface area contributed by atoms with Crippen LogP contribution in [0, 0.1) is 23.2 Å². The van der Waals surface area contributed by atoms with Crippen LogP contribution in [-0.4, -0.2) is 47.4 Å². The molecule has 0 N–H and O–H groups in total. The summed E-state index contributed by atoms with van der Waals surface area (Å²) in [7, 11) is -11.7. The third kappa shape index (κ3) is 4.17. The van der Waals surface area contributed by atoms with E-state index < -0.39 is 49.2 Å². The van der Waals surface area contributed by atoms with Gasteiger partial charge in [0.15, 0.2) is 10.0 Å². The Balaban J connectivity index is 1.89. The van der Waals surface area contributed by atoms with E-state index in [-0.39, 0.29) is 37.0 Å². The number of halogens is 5. The van der Waals surface area contributed by atoms with E-state index in [1.807, 2.05) is 0 Å². The number of rotatable bonds is 7. The molecule has 0 aromatic heterocycles. The summed E-state index contributed by atoms with van der Waals surface area (Å²) in [6, 6.07) is 0. The molecule has 4 fully saturated rings. The van der Waals surface area contributed by atoms with E-state index in [2.05, 4.69) is 8.92 Å². The number of esters is 1. The summed E-state index contributed by atoms with van der Waals surface area (Å²) in [5.74, 6) is -1.34. The summed E-state index contributed by atoms with van der Waals surface area (Å²) < 4.78 is 124. The van der Waals surface area contributed by atoms with E-state index in [0.29, 0.717) is 7.11 Å². The summed E-state index contributed by atoms with van der Waals surface area (Å²) in [4.78, 5) is 12.6. The van der Waals surface area contributed by atoms with Gasteiger partial charge >= 0.3 is 17.4 Å². The molecule has 4 rings (SSSR count). The minimum absolute atomic E-state index is 0.0687. The van der Waals surface area contributed by atoms with Gasteiger partial charge in [-0.1, -0.05) is 0 Å². The summed E-state index contributed by atoms with van der Waals surface area (Å²) in [6.07, 6.45) is -7.49. The second-order valence-electron chi connectivity index (χ2n) is 8.23. The van der Waals surface area contributed by atoms with Crippen molar-refractivity contribution in [2.24, 2.45) is 23.2 Å². The average Bonchev–Trinajstić information content (AvgIpc) is 2.56. The number of carbonyl (C=O) groups excluding carboxylic acids is 1. The molecule has 8 nitrogen and oxygen atoms in total. The van der Waals surface area contributed by atoms with Crippen molar-refractivity contribution in [3.63, 3.8) is 0 Å². The van der Waals surface area contributed by atoms with Crippen molar-refractivity contribution in [2.75, 3.05) is 7.11 Å². The van der Waals surface area contributed by atoms with E-state index in [1.165, 1.54) is 0 Å². The van der Waals surface area contributed by atoms with Crippen molar-refractivity contribution in [1.29, 1.82) is 0 Å². The van der Waals surface area contributed by atoms with Gasteiger partial charge in [-0.05, 0) is 56.3 Å². The van der Waals surface area contributed by atoms with Crippen molar-refractivity contribution in [3.05, 3.63) is 4.13 Å². The van der Waals surface area contributed by atoms with Gasteiger partial charge in [0.1, 0.15) is 0 Å². The maximum absolute atomic E-state index is 14.4. The Labute approximate surface area is 169 Å². The van der Waals surface area contributed by atoms with Crippen LogP contribution in [0.3, 0.4) is 0 Å². The minimum Gasteiger partial charge on any atom is -0.444 e. The molecule has 0 aliphatic heterocycles. The number of carbonyl (C=O) groups is 1. The lowest BCUT2D eigenvalue weighted by Gasteiger charge is -2.55. The van der Waals surface area contributed by atoms with Crippen LogP contribution in [0.15, 0.2) is 0 Å². The standard InChI is InChI=1S/C15H19F5NO7S2/c1-27-30(25,26)21-29(23,24)15(19,20)11(14(16,17)18)28-12(22)13-5-8-2-9(6-13)4-10(3-8)7-13/h8-11H,2-7H2,1H3/q-1. The van der Waals surface area contributed by atoms with Crippen LogP contribution in [0.25, 0.3) is 4.13 Å². The molecule has 30 heavy (non-hydrogen) atoms. The third-order valence-electron chi connectivity index (χ3n) is 6.04. The molecule has 0 heterocycles. The Morgan fingerprint density at radius 2 is 1.40 bits per heavy atom. The van der Waals surface area contributed by atoms with Crippen LogP contribution >= 0.6 is 0 Å². The average molecular weight is 484 g/mol. The van der Waals surface area contributed by atoms with E-state index in [0.717, 1.165) is 19.3 Å². The number of hydrogen-bond donors (Lipinski definition) is 0. The molecule has 0 amide bonds. The van der Waals surface area contributed by atoms with Crippen molar-refractivity contribution in [2.45, 2.75) is 56.1 Å². The van der Waals surface area contributed by atoms with Crippen molar-refractivity contribution >= 4 is 26.3 Å². The lowest BCUT2D eigenvalue weighted by atomic mass is 9.49. The summed E-state index contributed by atoms with van der Waals surface area (Å²) in [5, 5.41) is -5.89. The lowest BCUT2D eigenvalue weighted by molar-refractivity contribution is -0.265. The zero-order valence-corrected chi connectivity index (χ0v) is 17.2. The molecule has 174 valence electrons. The second-order valence-corrected chi connectivity index (χ2v) is 11.5. The van der Waals surface area contributed by atoms with E-state index in [1.54, 1.807) is 4.13 Å². The molecule has 0 spiro atoms. The Bertz CT molecular complexity index is 881. The molecule has 1 unspecified atom stereocenters. The quantitative estimate of drug-likeness (QED) is 0.403. The van der Waals surface area contributed by atoms with Gasteiger partial charge in [-0.3, -0.25) is 8.98 Å². The number of nitrogens with zero attached hydrogens (tertiary/aromatic N) is 1. The number of sulfonamides is 1. The Hall–Kier alpha value is -1.06. The molecular formula is C15H19F5NO7S2-. The van der Waals surface area contributed by atoms with Crippen LogP contribution in [0.1, 0.15) is 38.5 Å². The molecule has 4 bridgehead atoms. The fraction of sp³-hybridized carbons (Fsp3) is 0.933. The van der Waals surface area contributed by atoms with Gasteiger partial charge in [-0.15, -0.1) is 0 Å². The zero-order valence-electron chi connectivity index (χ0n) is 15.6. The van der Waals surface area contributed by atoms with Gasteiger partial charge < -0.3 is 8.86 Å². The smallest absolute Gasteiger partial charge is 0.432 e. The molecule has 0 radical (unpaired) electrons. The van der Waals surface area contributed by atoms with Gasteiger partial charge in [-0.2, -0.15) is 22.0 Å². The first kappa shape index (κ1) is 23.6. The molecule has 15 heteroatoms. The number of ether oxygens (including phenoxy) is 1. The summed E-state index contributed by atoms with van der Waals surface area (Å²) in [5.41, 5.74) is -1.38. The monoisotopic (exact) mass is 484 g/mol. The Morgan fingerprint density at radius 1 is 0.967 bits per heavy atom. The number of alkyl halides is 5. The predicted octanol–water partition coefficient (Wildman–Crippen LogP) is 2.86. The first-order chi connectivity index (χ1) is 13.5. The highest BCUT2D eigenvalue weighted by Gasteiger charge is 2.65. The predicted molar refractivity (Wildman–Crippen MR) is 89.7 cm³/mol. The fourth-order valence-electron chi connectivity index (χ4n) is 5.25. The van der Waals surface area contributed by atoms with E-state index in [9.17, 15) is 43.6 Å². The maximum atomic E-state index is 14.4. The SMILES string of the molecule is COS(=O)(=O)[N-]S(=O)(=O)C(F)(F)C(OC(=O)C12CC3CC(CC(C3)C1)C2)C(F)(F)F. The van der Waals surface area contributed by atoms with Crippen molar-refractivity contribution in [1.82, 2.24) is 0 Å². The summed E-state index contributed by atoms with van der Waals surface area (Å²) >= 11 is 0. The molecule has 4 aliphatic carbocycles. The lowest BCUT2D eigenvalue weighted by Crippen LogP contribution is -2.56. The second kappa shape index (κ2) is 7.24. The molecule has 4 saturated carbocycles. The van der Waals surface area contributed by atoms with Gasteiger partial charge in [0.25, 0.3) is 6.10 Å². The Kier molecular flexibility index (Phi) is 5.69. The van der Waals surface area contributed by atoms with E-state index in [4.69, 9.17) is 0 Å². The molecular weight excluding hydrogens is 465 g/mol. The highest BCUT2D eigenvalue weighted by molar-refractivity contribution is 8.10. The maximum Gasteiger partial charge on any atom is 0.432 e.